The van der Waals surface area contributed by atoms with E-state index in [1.165, 1.54) is 28.1 Å². The second kappa shape index (κ2) is 16.4. The molecule has 2 atom stereocenters. The molecule has 16 nitrogen and oxygen atoms in total. The second-order valence-electron chi connectivity index (χ2n) is 17.3. The third kappa shape index (κ3) is 8.20. The van der Waals surface area contributed by atoms with Crippen LogP contribution < -0.4 is 9.80 Å². The molecule has 10 rings (SSSR count). The number of anilines is 2. The van der Waals surface area contributed by atoms with E-state index in [-0.39, 0.29) is 12.0 Å². The van der Waals surface area contributed by atoms with Crippen molar-refractivity contribution in [3.63, 3.8) is 0 Å². The van der Waals surface area contributed by atoms with Crippen LogP contribution in [0, 0.1) is 13.8 Å². The number of pyridine rings is 2. The van der Waals surface area contributed by atoms with Crippen molar-refractivity contribution in [2.24, 2.45) is 0 Å². The largest absolute Gasteiger partial charge is 0.363 e. The molecular weight excluding hydrogens is 825 g/mol. The number of aromatic nitrogens is 8. The normalized spacial score (nSPS) is 20.5. The molecule has 0 radical (unpaired) electrons. The molecule has 18 heteroatoms. The van der Waals surface area contributed by atoms with Crippen molar-refractivity contribution in [1.29, 1.82) is 0 Å². The Hall–Kier alpha value is -5.30. The maximum Gasteiger partial charge on any atom is 0.211 e. The first kappa shape index (κ1) is 42.0. The molecule has 0 aliphatic carbocycles. The maximum atomic E-state index is 11.9. The summed E-state index contributed by atoms with van der Waals surface area (Å²) in [5, 5.41) is 2.24. The van der Waals surface area contributed by atoms with Crippen molar-refractivity contribution < 1.29 is 16.8 Å². The third-order valence-electron chi connectivity index (χ3n) is 12.9. The van der Waals surface area contributed by atoms with Crippen molar-refractivity contribution in [3.05, 3.63) is 101 Å². The molecular formula is C44H54N12O4S2. The van der Waals surface area contributed by atoms with Crippen LogP contribution in [-0.2, 0) is 46.0 Å². The van der Waals surface area contributed by atoms with E-state index in [1.807, 2.05) is 32.3 Å². The molecule has 4 aliphatic heterocycles. The summed E-state index contributed by atoms with van der Waals surface area (Å²) in [5.41, 5.74) is 13.8. The number of aromatic amines is 2. The number of nitrogens with one attached hydrogen (secondary N) is 2. The van der Waals surface area contributed by atoms with E-state index in [9.17, 15) is 16.8 Å². The highest BCUT2D eigenvalue weighted by molar-refractivity contribution is 7.88. The standard InChI is InChI=1S/C22H28N6O2S.C22H26N6O2S/c2*1-14-10-20(17-4-7-23-22(17)26-14)28-12-18-19(11-15(28)2)24-13-25-21(18)16-5-8-27(9-6-16)31(3,29)30/h4,7,10,13,15-16H,5-6,8-9,11-12H2,1-3H3,(H,23,26);4-5,7,10,13,15H,6,8-9,11-12H2,1-3H3,(H,23,26)/t2*15-/m11/s1. The molecule has 0 amide bonds. The van der Waals surface area contributed by atoms with Crippen LogP contribution in [0.3, 0.4) is 0 Å². The number of fused-ring (bicyclic) bond motifs is 4. The van der Waals surface area contributed by atoms with E-state index >= 15 is 0 Å². The summed E-state index contributed by atoms with van der Waals surface area (Å²) in [6, 6.07) is 9.06. The first-order valence-corrected chi connectivity index (χ1v) is 25.0. The summed E-state index contributed by atoms with van der Waals surface area (Å²) in [7, 11) is -6.32. The topological polar surface area (TPSA) is 190 Å². The highest BCUT2D eigenvalue weighted by Crippen LogP contribution is 2.39. The van der Waals surface area contributed by atoms with Gasteiger partial charge in [0.05, 0.1) is 46.7 Å². The van der Waals surface area contributed by atoms with Crippen LogP contribution >= 0.6 is 0 Å². The van der Waals surface area contributed by atoms with Gasteiger partial charge in [0.1, 0.15) is 23.9 Å². The van der Waals surface area contributed by atoms with Gasteiger partial charge in [0, 0.05) is 116 Å². The molecule has 0 saturated carbocycles. The average Bonchev–Trinajstić information content (AvgIpc) is 3.92. The number of hydrogen-bond acceptors (Lipinski definition) is 12. The number of piperidine rings is 1. The Labute approximate surface area is 363 Å². The molecule has 0 aromatic carbocycles. The molecule has 0 bridgehead atoms. The van der Waals surface area contributed by atoms with Gasteiger partial charge in [0.2, 0.25) is 20.0 Å². The molecule has 1 fully saturated rings. The summed E-state index contributed by atoms with van der Waals surface area (Å²) < 4.78 is 50.6. The molecule has 6 aromatic heterocycles. The van der Waals surface area contributed by atoms with Crippen LogP contribution in [0.4, 0.5) is 11.4 Å². The number of aryl methyl sites for hydroxylation is 2. The second-order valence-corrected chi connectivity index (χ2v) is 21.2. The summed E-state index contributed by atoms with van der Waals surface area (Å²) >= 11 is 0. The molecule has 6 aromatic rings. The lowest BCUT2D eigenvalue weighted by Crippen LogP contribution is -2.41. The van der Waals surface area contributed by atoms with Gasteiger partial charge in [0.25, 0.3) is 0 Å². The van der Waals surface area contributed by atoms with Crippen molar-refractivity contribution in [2.45, 2.75) is 90.9 Å². The van der Waals surface area contributed by atoms with Gasteiger partial charge in [-0.3, -0.25) is 0 Å². The number of hydrogen-bond donors (Lipinski definition) is 2. The Morgan fingerprint density at radius 1 is 0.677 bits per heavy atom. The van der Waals surface area contributed by atoms with E-state index in [0.29, 0.717) is 45.2 Å². The summed E-state index contributed by atoms with van der Waals surface area (Å²) in [6.45, 7) is 11.9. The van der Waals surface area contributed by atoms with Crippen LogP contribution in [0.15, 0.2) is 55.4 Å². The molecule has 2 N–H and O–H groups in total. The average molecular weight is 879 g/mol. The van der Waals surface area contributed by atoms with Crippen LogP contribution in [0.25, 0.3) is 27.6 Å². The first-order chi connectivity index (χ1) is 29.6. The summed E-state index contributed by atoms with van der Waals surface area (Å²) in [6.07, 6.45) is 15.7. The molecule has 326 valence electrons. The van der Waals surface area contributed by atoms with Gasteiger partial charge in [-0.05, 0) is 76.8 Å². The number of sulfonamides is 2. The molecule has 10 heterocycles. The maximum absolute atomic E-state index is 11.9. The Balaban J connectivity index is 0.000000158. The number of nitrogens with zero attached hydrogens (tertiary/aromatic N) is 10. The minimum atomic E-state index is -3.18. The van der Waals surface area contributed by atoms with Gasteiger partial charge in [-0.15, -0.1) is 0 Å². The Morgan fingerprint density at radius 3 is 1.74 bits per heavy atom. The van der Waals surface area contributed by atoms with Gasteiger partial charge >= 0.3 is 0 Å². The number of H-pyrrole nitrogens is 2. The van der Waals surface area contributed by atoms with Gasteiger partial charge < -0.3 is 19.8 Å². The lowest BCUT2D eigenvalue weighted by Gasteiger charge is -2.38. The van der Waals surface area contributed by atoms with Gasteiger partial charge in [-0.1, -0.05) is 6.08 Å². The number of rotatable bonds is 6. The Kier molecular flexibility index (Phi) is 11.1. The van der Waals surface area contributed by atoms with Crippen LogP contribution in [-0.4, -0.2) is 116 Å². The smallest absolute Gasteiger partial charge is 0.211 e. The summed E-state index contributed by atoms with van der Waals surface area (Å²) in [5.74, 6) is 0.261. The van der Waals surface area contributed by atoms with Crippen molar-refractivity contribution >= 4 is 59.1 Å². The van der Waals surface area contributed by atoms with E-state index in [2.05, 4.69) is 82.8 Å². The van der Waals surface area contributed by atoms with Crippen molar-refractivity contribution in [2.75, 3.05) is 48.5 Å². The highest BCUT2D eigenvalue weighted by atomic mass is 32.2. The Morgan fingerprint density at radius 2 is 1.21 bits per heavy atom. The lowest BCUT2D eigenvalue weighted by molar-refractivity contribution is 0.317. The van der Waals surface area contributed by atoms with E-state index in [4.69, 9.17) is 4.98 Å². The molecule has 0 spiro atoms. The summed E-state index contributed by atoms with van der Waals surface area (Å²) in [4.78, 5) is 39.1. The minimum Gasteiger partial charge on any atom is -0.363 e. The highest BCUT2D eigenvalue weighted by Gasteiger charge is 2.34. The predicted molar refractivity (Wildman–Crippen MR) is 242 cm³/mol. The quantitative estimate of drug-likeness (QED) is 0.217. The zero-order valence-electron chi connectivity index (χ0n) is 36.1. The fourth-order valence-corrected chi connectivity index (χ4v) is 11.3. The predicted octanol–water partition coefficient (Wildman–Crippen LogP) is 5.41. The van der Waals surface area contributed by atoms with Crippen LogP contribution in [0.2, 0.25) is 0 Å². The Bertz CT molecular complexity index is 2920. The third-order valence-corrected chi connectivity index (χ3v) is 15.5. The van der Waals surface area contributed by atoms with E-state index in [0.717, 1.165) is 105 Å². The van der Waals surface area contributed by atoms with E-state index in [1.54, 1.807) is 17.0 Å². The lowest BCUT2D eigenvalue weighted by atomic mass is 9.87. The van der Waals surface area contributed by atoms with Crippen molar-refractivity contribution in [3.8, 4) is 0 Å². The van der Waals surface area contributed by atoms with Gasteiger partial charge in [0.15, 0.2) is 0 Å². The van der Waals surface area contributed by atoms with Gasteiger partial charge in [-0.25, -0.2) is 51.0 Å². The van der Waals surface area contributed by atoms with Gasteiger partial charge in [-0.2, -0.15) is 4.31 Å². The van der Waals surface area contributed by atoms with Crippen LogP contribution in [0.1, 0.15) is 84.3 Å². The fourth-order valence-electron chi connectivity index (χ4n) is 9.70. The fraction of sp³-hybridized carbons (Fsp3) is 0.455. The van der Waals surface area contributed by atoms with Crippen LogP contribution in [0.5, 0.6) is 0 Å². The van der Waals surface area contributed by atoms with Crippen molar-refractivity contribution in [1.82, 2.24) is 48.5 Å². The first-order valence-electron chi connectivity index (χ1n) is 21.3. The molecule has 62 heavy (non-hydrogen) atoms. The zero-order valence-corrected chi connectivity index (χ0v) is 37.8. The SMILES string of the molecule is Cc1cc(N2Cc3c(ncnc3C3=CCN(S(C)(=O)=O)CC3)C[C@H]2C)c2cc[nH]c2n1.Cc1cc(N2Cc3c(ncnc3C3CCN(S(C)(=O)=O)CC3)C[C@H]2C)c2cc[nH]c2n1. The minimum absolute atomic E-state index is 0.261. The molecule has 4 aliphatic rings. The van der Waals surface area contributed by atoms with E-state index < -0.39 is 20.0 Å². The monoisotopic (exact) mass is 878 g/mol. The zero-order chi connectivity index (χ0) is 43.5. The molecule has 0 unspecified atom stereocenters. The molecule has 1 saturated heterocycles.